The van der Waals surface area contributed by atoms with Crippen LogP contribution in [0.1, 0.15) is 10.4 Å². The lowest BCUT2D eigenvalue weighted by Gasteiger charge is -2.19. The fourth-order valence-corrected chi connectivity index (χ4v) is 3.73. The van der Waals surface area contributed by atoms with E-state index in [4.69, 9.17) is 0 Å². The number of halogens is 3. The molecule has 0 heterocycles. The molecule has 1 amide bonds. The number of sulfonamides is 1. The second-order valence-corrected chi connectivity index (χ2v) is 7.98. The second kappa shape index (κ2) is 7.96. The molecular formula is C20H15F3N2O3S. The van der Waals surface area contributed by atoms with E-state index in [0.717, 1.165) is 10.4 Å². The predicted molar refractivity (Wildman–Crippen MR) is 103 cm³/mol. The van der Waals surface area contributed by atoms with Gasteiger partial charge in [-0.15, -0.1) is 0 Å². The molecule has 150 valence electrons. The van der Waals surface area contributed by atoms with Crippen LogP contribution >= 0.6 is 0 Å². The first-order valence-electron chi connectivity index (χ1n) is 8.30. The normalized spacial score (nSPS) is 11.2. The van der Waals surface area contributed by atoms with Gasteiger partial charge >= 0.3 is 0 Å². The molecule has 0 bridgehead atoms. The summed E-state index contributed by atoms with van der Waals surface area (Å²) in [7, 11) is -2.46. The van der Waals surface area contributed by atoms with Gasteiger partial charge in [0.1, 0.15) is 0 Å². The van der Waals surface area contributed by atoms with Crippen molar-refractivity contribution in [3.05, 3.63) is 89.7 Å². The molecule has 3 rings (SSSR count). The molecule has 0 unspecified atom stereocenters. The molecule has 5 nitrogen and oxygen atoms in total. The smallest absolute Gasteiger partial charge is 0.264 e. The Balaban J connectivity index is 1.81. The van der Waals surface area contributed by atoms with Crippen LogP contribution in [0.2, 0.25) is 0 Å². The van der Waals surface area contributed by atoms with E-state index in [2.05, 4.69) is 5.32 Å². The van der Waals surface area contributed by atoms with Gasteiger partial charge in [0.25, 0.3) is 15.9 Å². The highest BCUT2D eigenvalue weighted by atomic mass is 32.2. The first-order valence-corrected chi connectivity index (χ1v) is 9.74. The summed E-state index contributed by atoms with van der Waals surface area (Å²) in [5.74, 6) is -5.41. The number of nitrogens with one attached hydrogen (secondary N) is 1. The maximum absolute atomic E-state index is 13.7. The van der Waals surface area contributed by atoms with E-state index >= 15 is 0 Å². The van der Waals surface area contributed by atoms with E-state index in [0.29, 0.717) is 11.8 Å². The zero-order valence-corrected chi connectivity index (χ0v) is 15.9. The van der Waals surface area contributed by atoms with Gasteiger partial charge in [-0.05, 0) is 48.5 Å². The largest absolute Gasteiger partial charge is 0.319 e. The molecule has 0 aliphatic heterocycles. The Morgan fingerprint density at radius 2 is 1.48 bits per heavy atom. The standard InChI is InChI=1S/C20H15F3N2O3S/c1-25(14-5-3-2-4-6-14)29(27,28)15-9-7-13(8-10-15)20(26)24-17-12-11-16(21)18(22)19(17)23/h2-12H,1H3,(H,24,26). The third-order valence-corrected chi connectivity index (χ3v) is 5.98. The Kier molecular flexibility index (Phi) is 5.60. The highest BCUT2D eigenvalue weighted by molar-refractivity contribution is 7.92. The van der Waals surface area contributed by atoms with E-state index in [1.807, 2.05) is 0 Å². The van der Waals surface area contributed by atoms with Crippen LogP contribution in [0.4, 0.5) is 24.5 Å². The fraction of sp³-hybridized carbons (Fsp3) is 0.0500. The van der Waals surface area contributed by atoms with Crippen molar-refractivity contribution in [3.8, 4) is 0 Å². The molecule has 0 aromatic heterocycles. The van der Waals surface area contributed by atoms with E-state index in [1.54, 1.807) is 30.3 Å². The van der Waals surface area contributed by atoms with Gasteiger partial charge in [-0.1, -0.05) is 18.2 Å². The summed E-state index contributed by atoms with van der Waals surface area (Å²) in [6.07, 6.45) is 0. The molecule has 1 N–H and O–H groups in total. The van der Waals surface area contributed by atoms with Crippen molar-refractivity contribution in [2.45, 2.75) is 4.90 Å². The Bertz CT molecular complexity index is 1150. The maximum Gasteiger partial charge on any atom is 0.264 e. The lowest BCUT2D eigenvalue weighted by molar-refractivity contribution is 0.102. The third kappa shape index (κ3) is 4.09. The molecule has 0 spiro atoms. The monoisotopic (exact) mass is 420 g/mol. The third-order valence-electron chi connectivity index (χ3n) is 4.18. The molecule has 0 atom stereocenters. The van der Waals surface area contributed by atoms with Crippen molar-refractivity contribution >= 4 is 27.3 Å². The first-order chi connectivity index (χ1) is 13.7. The number of nitrogens with zero attached hydrogens (tertiary/aromatic N) is 1. The van der Waals surface area contributed by atoms with Crippen LogP contribution in [-0.2, 0) is 10.0 Å². The minimum absolute atomic E-state index is 0.00967. The number of carbonyl (C=O) groups is 1. The number of para-hydroxylation sites is 1. The average molecular weight is 420 g/mol. The van der Waals surface area contributed by atoms with Crippen LogP contribution in [0.5, 0.6) is 0 Å². The van der Waals surface area contributed by atoms with Gasteiger partial charge in [-0.25, -0.2) is 21.6 Å². The van der Waals surface area contributed by atoms with Crippen molar-refractivity contribution < 1.29 is 26.4 Å². The molecule has 9 heteroatoms. The van der Waals surface area contributed by atoms with Gasteiger partial charge in [-0.2, -0.15) is 0 Å². The van der Waals surface area contributed by atoms with Gasteiger partial charge in [0.15, 0.2) is 17.5 Å². The minimum atomic E-state index is -3.86. The quantitative estimate of drug-likeness (QED) is 0.630. The predicted octanol–water partition coefficient (Wildman–Crippen LogP) is 4.18. The lowest BCUT2D eigenvalue weighted by Crippen LogP contribution is -2.26. The maximum atomic E-state index is 13.7. The fourth-order valence-electron chi connectivity index (χ4n) is 2.53. The average Bonchev–Trinajstić information content (AvgIpc) is 2.74. The van der Waals surface area contributed by atoms with Crippen molar-refractivity contribution in [3.63, 3.8) is 0 Å². The zero-order chi connectivity index (χ0) is 21.2. The van der Waals surface area contributed by atoms with Crippen LogP contribution in [0.3, 0.4) is 0 Å². The van der Waals surface area contributed by atoms with Crippen LogP contribution < -0.4 is 9.62 Å². The topological polar surface area (TPSA) is 66.5 Å². The number of hydrogen-bond acceptors (Lipinski definition) is 3. The molecule has 0 radical (unpaired) electrons. The molecule has 29 heavy (non-hydrogen) atoms. The molecule has 0 aliphatic rings. The highest BCUT2D eigenvalue weighted by Gasteiger charge is 2.22. The Morgan fingerprint density at radius 3 is 2.10 bits per heavy atom. The summed E-state index contributed by atoms with van der Waals surface area (Å²) in [6, 6.07) is 14.9. The van der Waals surface area contributed by atoms with Gasteiger partial charge in [0, 0.05) is 12.6 Å². The Labute approximate surface area is 165 Å². The second-order valence-electron chi connectivity index (χ2n) is 6.01. The summed E-state index contributed by atoms with van der Waals surface area (Å²) in [5.41, 5.74) is -0.0620. The minimum Gasteiger partial charge on any atom is -0.319 e. The van der Waals surface area contributed by atoms with Crippen molar-refractivity contribution in [2.75, 3.05) is 16.7 Å². The van der Waals surface area contributed by atoms with Crippen molar-refractivity contribution in [2.24, 2.45) is 0 Å². The molecule has 0 aliphatic carbocycles. The number of carbonyl (C=O) groups excluding carboxylic acids is 1. The summed E-state index contributed by atoms with van der Waals surface area (Å²) < 4.78 is 66.5. The van der Waals surface area contributed by atoms with Crippen LogP contribution in [-0.4, -0.2) is 21.4 Å². The number of rotatable bonds is 5. The van der Waals surface area contributed by atoms with Crippen molar-refractivity contribution in [1.29, 1.82) is 0 Å². The summed E-state index contributed by atoms with van der Waals surface area (Å²) in [6.45, 7) is 0. The van der Waals surface area contributed by atoms with E-state index in [9.17, 15) is 26.4 Å². The van der Waals surface area contributed by atoms with Crippen LogP contribution in [0.25, 0.3) is 0 Å². The van der Waals surface area contributed by atoms with Gasteiger partial charge < -0.3 is 5.32 Å². The van der Waals surface area contributed by atoms with Gasteiger partial charge in [0.05, 0.1) is 16.3 Å². The Hall–Kier alpha value is -3.33. The highest BCUT2D eigenvalue weighted by Crippen LogP contribution is 2.23. The Morgan fingerprint density at radius 1 is 0.862 bits per heavy atom. The number of amides is 1. The van der Waals surface area contributed by atoms with E-state index in [1.165, 1.54) is 31.3 Å². The number of anilines is 2. The van der Waals surface area contributed by atoms with E-state index in [-0.39, 0.29) is 10.5 Å². The number of benzene rings is 3. The van der Waals surface area contributed by atoms with E-state index < -0.39 is 39.1 Å². The summed E-state index contributed by atoms with van der Waals surface area (Å²) >= 11 is 0. The summed E-state index contributed by atoms with van der Waals surface area (Å²) in [4.78, 5) is 12.2. The van der Waals surface area contributed by atoms with Crippen LogP contribution in [0, 0.1) is 17.5 Å². The number of hydrogen-bond donors (Lipinski definition) is 1. The van der Waals surface area contributed by atoms with Gasteiger partial charge in [-0.3, -0.25) is 9.10 Å². The van der Waals surface area contributed by atoms with Gasteiger partial charge in [0.2, 0.25) is 0 Å². The molecule has 0 fully saturated rings. The first kappa shape index (κ1) is 20.4. The molecule has 3 aromatic rings. The molecule has 0 saturated carbocycles. The molecule has 3 aromatic carbocycles. The van der Waals surface area contributed by atoms with Crippen LogP contribution in [0.15, 0.2) is 71.6 Å². The molecule has 0 saturated heterocycles. The zero-order valence-electron chi connectivity index (χ0n) is 15.1. The summed E-state index contributed by atoms with van der Waals surface area (Å²) in [5, 5.41) is 2.12. The lowest BCUT2D eigenvalue weighted by atomic mass is 10.2. The van der Waals surface area contributed by atoms with Crippen molar-refractivity contribution in [1.82, 2.24) is 0 Å². The molecular weight excluding hydrogens is 405 g/mol. The SMILES string of the molecule is CN(c1ccccc1)S(=O)(=O)c1ccc(C(=O)Nc2ccc(F)c(F)c2F)cc1.